The fourth-order valence-electron chi connectivity index (χ4n) is 2.41. The van der Waals surface area contributed by atoms with Crippen LogP contribution in [0.25, 0.3) is 0 Å². The Morgan fingerprint density at radius 2 is 2.25 bits per heavy atom. The first-order valence-corrected chi connectivity index (χ1v) is 8.30. The highest BCUT2D eigenvalue weighted by atomic mass is 35.5. The number of halogens is 2. The predicted octanol–water partition coefficient (Wildman–Crippen LogP) is 3.16. The number of nitrogens with one attached hydrogen (secondary N) is 1. The first-order chi connectivity index (χ1) is 11.5. The summed E-state index contributed by atoms with van der Waals surface area (Å²) in [6, 6.07) is 7.22. The molecular formula is C16H17Cl2N5O. The van der Waals surface area contributed by atoms with Gasteiger partial charge in [0.05, 0.1) is 0 Å². The van der Waals surface area contributed by atoms with Crippen LogP contribution in [0.4, 0.5) is 0 Å². The molecule has 1 aromatic heterocycles. The van der Waals surface area contributed by atoms with Gasteiger partial charge in [0.2, 0.25) is 5.91 Å². The van der Waals surface area contributed by atoms with E-state index in [1.807, 2.05) is 12.1 Å². The van der Waals surface area contributed by atoms with Gasteiger partial charge in [-0.05, 0) is 24.1 Å². The molecule has 0 radical (unpaired) electrons. The number of benzene rings is 1. The molecule has 0 unspecified atom stereocenters. The molecule has 0 bridgehead atoms. The summed E-state index contributed by atoms with van der Waals surface area (Å²) in [7, 11) is 0. The van der Waals surface area contributed by atoms with Crippen LogP contribution < -0.4 is 5.32 Å². The molecule has 1 N–H and O–H groups in total. The summed E-state index contributed by atoms with van der Waals surface area (Å²) >= 11 is 12.2. The van der Waals surface area contributed by atoms with Gasteiger partial charge in [-0.3, -0.25) is 4.79 Å². The van der Waals surface area contributed by atoms with Crippen molar-refractivity contribution >= 4 is 29.1 Å². The van der Waals surface area contributed by atoms with E-state index in [-0.39, 0.29) is 24.2 Å². The number of hydrogen-bond acceptors (Lipinski definition) is 4. The van der Waals surface area contributed by atoms with Crippen LogP contribution in [0, 0.1) is 11.3 Å². The lowest BCUT2D eigenvalue weighted by molar-refractivity contribution is -0.121. The van der Waals surface area contributed by atoms with E-state index < -0.39 is 0 Å². The van der Waals surface area contributed by atoms with E-state index in [1.165, 1.54) is 11.0 Å². The molecule has 0 aliphatic rings. The van der Waals surface area contributed by atoms with Crippen molar-refractivity contribution in [1.82, 2.24) is 20.1 Å². The van der Waals surface area contributed by atoms with E-state index in [2.05, 4.69) is 22.3 Å². The Labute approximate surface area is 150 Å². The minimum absolute atomic E-state index is 0.0157. The third kappa shape index (κ3) is 4.95. The second kappa shape index (κ2) is 8.67. The van der Waals surface area contributed by atoms with Gasteiger partial charge >= 0.3 is 0 Å². The first-order valence-electron chi connectivity index (χ1n) is 7.54. The first kappa shape index (κ1) is 18.2. The molecule has 1 aromatic carbocycles. The molecule has 8 heteroatoms. The number of carbonyl (C=O) groups is 1. The molecule has 0 fully saturated rings. The summed E-state index contributed by atoms with van der Waals surface area (Å²) in [5.41, 5.74) is 0.968. The Morgan fingerprint density at radius 1 is 1.46 bits per heavy atom. The predicted molar refractivity (Wildman–Crippen MR) is 91.9 cm³/mol. The van der Waals surface area contributed by atoms with Crippen molar-refractivity contribution in [2.24, 2.45) is 0 Å². The summed E-state index contributed by atoms with van der Waals surface area (Å²) < 4.78 is 1.33. The average Bonchev–Trinajstić information content (AvgIpc) is 2.99. The van der Waals surface area contributed by atoms with Crippen LogP contribution >= 0.6 is 23.2 Å². The van der Waals surface area contributed by atoms with Crippen molar-refractivity contribution in [2.45, 2.75) is 32.2 Å². The number of amides is 1. The van der Waals surface area contributed by atoms with Crippen LogP contribution in [0.2, 0.25) is 10.0 Å². The molecule has 2 aromatic rings. The quantitative estimate of drug-likeness (QED) is 0.816. The number of carbonyl (C=O) groups excluding carboxylic acids is 1. The highest BCUT2D eigenvalue weighted by molar-refractivity contribution is 6.35. The third-order valence-electron chi connectivity index (χ3n) is 3.53. The van der Waals surface area contributed by atoms with Gasteiger partial charge in [-0.15, -0.1) is 5.10 Å². The number of nitriles is 1. The van der Waals surface area contributed by atoms with Crippen LogP contribution in [0.1, 0.15) is 37.1 Å². The Hall–Kier alpha value is -2.10. The second-order valence-electron chi connectivity index (χ2n) is 5.33. The lowest BCUT2D eigenvalue weighted by atomic mass is 9.94. The Bertz CT molecular complexity index is 753. The van der Waals surface area contributed by atoms with E-state index in [1.54, 1.807) is 12.1 Å². The molecule has 0 saturated heterocycles. The lowest BCUT2D eigenvalue weighted by Crippen LogP contribution is -2.31. The molecule has 126 valence electrons. The van der Waals surface area contributed by atoms with Gasteiger partial charge in [0.25, 0.3) is 5.82 Å². The fourth-order valence-corrected chi connectivity index (χ4v) is 2.97. The van der Waals surface area contributed by atoms with E-state index in [0.717, 1.165) is 18.4 Å². The molecular weight excluding hydrogens is 349 g/mol. The van der Waals surface area contributed by atoms with Gasteiger partial charge in [0.15, 0.2) is 0 Å². The van der Waals surface area contributed by atoms with Crippen molar-refractivity contribution in [1.29, 1.82) is 5.26 Å². The molecule has 1 heterocycles. The molecule has 0 spiro atoms. The molecule has 0 aliphatic carbocycles. The van der Waals surface area contributed by atoms with Gasteiger partial charge in [0, 0.05) is 22.5 Å². The van der Waals surface area contributed by atoms with Crippen LogP contribution in [-0.4, -0.2) is 27.2 Å². The minimum atomic E-state index is -0.199. The zero-order valence-electron chi connectivity index (χ0n) is 13.2. The Morgan fingerprint density at radius 3 is 2.88 bits per heavy atom. The van der Waals surface area contributed by atoms with Crippen molar-refractivity contribution in [2.75, 3.05) is 6.54 Å². The molecule has 1 atom stereocenters. The minimum Gasteiger partial charge on any atom is -0.354 e. The molecule has 1 amide bonds. The van der Waals surface area contributed by atoms with E-state index in [9.17, 15) is 4.79 Å². The summed E-state index contributed by atoms with van der Waals surface area (Å²) in [6.07, 6.45) is 3.22. The van der Waals surface area contributed by atoms with Gasteiger partial charge in [-0.25, -0.2) is 9.67 Å². The van der Waals surface area contributed by atoms with E-state index >= 15 is 0 Å². The molecule has 6 nitrogen and oxygen atoms in total. The zero-order chi connectivity index (χ0) is 17.5. The maximum atomic E-state index is 12.1. The SMILES string of the molecule is CCC[C@@H](CNC(=O)Cn1cnc(C#N)n1)c1ccc(Cl)cc1Cl. The third-order valence-corrected chi connectivity index (χ3v) is 4.09. The van der Waals surface area contributed by atoms with Crippen LogP contribution in [0.15, 0.2) is 24.5 Å². The van der Waals surface area contributed by atoms with E-state index in [4.69, 9.17) is 28.5 Å². The zero-order valence-corrected chi connectivity index (χ0v) is 14.7. The van der Waals surface area contributed by atoms with Gasteiger partial charge < -0.3 is 5.32 Å². The summed E-state index contributed by atoms with van der Waals surface area (Å²) in [5, 5.41) is 16.6. The summed E-state index contributed by atoms with van der Waals surface area (Å²) in [5.74, 6) is -0.0516. The number of hydrogen-bond donors (Lipinski definition) is 1. The molecule has 24 heavy (non-hydrogen) atoms. The number of aromatic nitrogens is 3. The Kier molecular flexibility index (Phi) is 6.59. The van der Waals surface area contributed by atoms with Crippen LogP contribution in [-0.2, 0) is 11.3 Å². The fraction of sp³-hybridized carbons (Fsp3) is 0.375. The highest BCUT2D eigenvalue weighted by Crippen LogP contribution is 2.30. The number of rotatable bonds is 7. The molecule has 0 aliphatic heterocycles. The average molecular weight is 366 g/mol. The number of nitrogens with zero attached hydrogens (tertiary/aromatic N) is 4. The normalized spacial score (nSPS) is 11.8. The van der Waals surface area contributed by atoms with Gasteiger partial charge in [0.1, 0.15) is 18.9 Å². The molecule has 0 saturated carbocycles. The second-order valence-corrected chi connectivity index (χ2v) is 6.18. The van der Waals surface area contributed by atoms with E-state index in [0.29, 0.717) is 16.6 Å². The van der Waals surface area contributed by atoms with Gasteiger partial charge in [-0.2, -0.15) is 5.26 Å². The molecule has 2 rings (SSSR count). The highest BCUT2D eigenvalue weighted by Gasteiger charge is 2.16. The topological polar surface area (TPSA) is 83.6 Å². The van der Waals surface area contributed by atoms with Crippen molar-refractivity contribution in [3.8, 4) is 6.07 Å². The largest absolute Gasteiger partial charge is 0.354 e. The monoisotopic (exact) mass is 365 g/mol. The Balaban J connectivity index is 1.97. The van der Waals surface area contributed by atoms with Crippen molar-refractivity contribution < 1.29 is 4.79 Å². The van der Waals surface area contributed by atoms with Crippen molar-refractivity contribution in [3.63, 3.8) is 0 Å². The standard InChI is InChI=1S/C16H17Cl2N5O/c1-2-3-11(13-5-4-12(17)6-14(13)18)8-20-16(24)9-23-10-21-15(7-19)22-23/h4-6,10-11H,2-3,8-9H2,1H3,(H,20,24)/t11-/m0/s1. The summed E-state index contributed by atoms with van der Waals surface area (Å²) in [4.78, 5) is 15.8. The summed E-state index contributed by atoms with van der Waals surface area (Å²) in [6.45, 7) is 2.56. The van der Waals surface area contributed by atoms with Crippen LogP contribution in [0.3, 0.4) is 0 Å². The van der Waals surface area contributed by atoms with Crippen molar-refractivity contribution in [3.05, 3.63) is 46.0 Å². The lowest BCUT2D eigenvalue weighted by Gasteiger charge is -2.19. The maximum Gasteiger partial charge on any atom is 0.252 e. The smallest absolute Gasteiger partial charge is 0.252 e. The maximum absolute atomic E-state index is 12.1. The van der Waals surface area contributed by atoms with Crippen LogP contribution in [0.5, 0.6) is 0 Å². The van der Waals surface area contributed by atoms with Gasteiger partial charge in [-0.1, -0.05) is 42.6 Å².